The van der Waals surface area contributed by atoms with E-state index in [1.165, 1.54) is 116 Å². The van der Waals surface area contributed by atoms with Gasteiger partial charge in [0.25, 0.3) is 0 Å². The van der Waals surface area contributed by atoms with Crippen LogP contribution in [-0.4, -0.2) is 36.6 Å². The number of carbonyl (C=O) groups is 1. The third-order valence-corrected chi connectivity index (χ3v) is 26.8. The quantitative estimate of drug-likeness (QED) is 0.0590. The molecule has 1 atom stereocenters. The van der Waals surface area contributed by atoms with Crippen LogP contribution in [0.1, 0.15) is 169 Å². The molecular formula is C34H72O2SiSn. The zero-order valence-corrected chi connectivity index (χ0v) is 31.4. The van der Waals surface area contributed by atoms with E-state index in [-0.39, 0.29) is 0 Å². The molecule has 4 heteroatoms. The van der Waals surface area contributed by atoms with E-state index in [1.807, 2.05) is 0 Å². The molecule has 0 aliphatic heterocycles. The molecule has 0 aromatic carbocycles. The summed E-state index contributed by atoms with van der Waals surface area (Å²) in [5.41, 5.74) is 0. The van der Waals surface area contributed by atoms with Crippen molar-refractivity contribution in [1.82, 2.24) is 0 Å². The number of carbonyl (C=O) groups excluding carboxylic acids is 1. The molecule has 0 rings (SSSR count). The van der Waals surface area contributed by atoms with Gasteiger partial charge in [-0.15, -0.1) is 0 Å². The standard InChI is InChI=1S/C22H45O2Si.3C4H9.Sn/c1-5-6-7-13-16-19-22(23)20-17-14-11-9-8-10-12-15-18-21-24-25(2,3)4;3*1-3-4-2;/h21H,5-20H2,1-4H3;3*1,3-4H2,2H3;. The van der Waals surface area contributed by atoms with Crippen molar-refractivity contribution in [3.05, 3.63) is 0 Å². The molecule has 0 bridgehead atoms. The SMILES string of the molecule is CCCCCCCC(=O)CCCCCCCCCC[CH](O[Si](C)(C)C)[Sn]([CH2]CCC)([CH2]CCC)[CH2]CCC. The number of unbranched alkanes of at least 4 members (excludes halogenated alkanes) is 14. The van der Waals surface area contributed by atoms with E-state index in [4.69, 9.17) is 4.43 Å². The average Bonchev–Trinajstić information content (AvgIpc) is 2.88. The fraction of sp³-hybridized carbons (Fsp3) is 0.971. The Balaban J connectivity index is 4.44. The second kappa shape index (κ2) is 25.4. The Morgan fingerprint density at radius 1 is 0.553 bits per heavy atom. The van der Waals surface area contributed by atoms with Gasteiger partial charge < -0.3 is 0 Å². The predicted octanol–water partition coefficient (Wildman–Crippen LogP) is 12.4. The van der Waals surface area contributed by atoms with Crippen LogP contribution in [0, 0.1) is 0 Å². The molecule has 2 nitrogen and oxygen atoms in total. The molecule has 0 heterocycles. The summed E-state index contributed by atoms with van der Waals surface area (Å²) in [6.07, 6.45) is 28.2. The van der Waals surface area contributed by atoms with E-state index >= 15 is 0 Å². The van der Waals surface area contributed by atoms with E-state index < -0.39 is 26.7 Å². The molecule has 228 valence electrons. The van der Waals surface area contributed by atoms with Gasteiger partial charge in [-0.05, 0) is 6.42 Å². The van der Waals surface area contributed by atoms with E-state index in [1.54, 1.807) is 13.3 Å². The Kier molecular flexibility index (Phi) is 25.8. The van der Waals surface area contributed by atoms with Crippen molar-refractivity contribution in [1.29, 1.82) is 0 Å². The van der Waals surface area contributed by atoms with Gasteiger partial charge in [-0.3, -0.25) is 4.79 Å². The molecule has 0 aromatic rings. The third-order valence-electron chi connectivity index (χ3n) is 8.49. The summed E-state index contributed by atoms with van der Waals surface area (Å²) in [4.78, 5) is 12.1. The van der Waals surface area contributed by atoms with E-state index in [0.717, 1.165) is 25.7 Å². The first-order valence-corrected chi connectivity index (χ1v) is 28.5. The summed E-state index contributed by atoms with van der Waals surface area (Å²) < 4.78 is 12.5. The van der Waals surface area contributed by atoms with Gasteiger partial charge in [0.05, 0.1) is 0 Å². The van der Waals surface area contributed by atoms with Crippen LogP contribution in [0.2, 0.25) is 33.0 Å². The van der Waals surface area contributed by atoms with E-state index in [0.29, 0.717) is 9.90 Å². The number of rotatable bonds is 29. The molecule has 0 saturated carbocycles. The Morgan fingerprint density at radius 2 is 0.921 bits per heavy atom. The maximum absolute atomic E-state index is 12.1. The number of Topliss-reactive ketones (excluding diaryl/α,β-unsaturated/α-hetero) is 1. The molecule has 0 fully saturated rings. The molecule has 1 unspecified atom stereocenters. The van der Waals surface area contributed by atoms with Crippen molar-refractivity contribution in [2.24, 2.45) is 0 Å². The molecule has 0 aliphatic rings. The molecule has 0 radical (unpaired) electrons. The minimum atomic E-state index is -2.36. The first-order valence-electron chi connectivity index (χ1n) is 17.4. The molecule has 0 aliphatic carbocycles. The molecular weight excluding hydrogens is 587 g/mol. The van der Waals surface area contributed by atoms with Crippen LogP contribution in [0.25, 0.3) is 0 Å². The van der Waals surface area contributed by atoms with Gasteiger partial charge >= 0.3 is 197 Å². The number of hydrogen-bond acceptors (Lipinski definition) is 2. The summed E-state index contributed by atoms with van der Waals surface area (Å²) in [6.45, 7) is 16.7. The monoisotopic (exact) mass is 660 g/mol. The maximum atomic E-state index is 12.1. The Labute approximate surface area is 246 Å². The zero-order valence-electron chi connectivity index (χ0n) is 27.6. The van der Waals surface area contributed by atoms with Gasteiger partial charge in [0, 0.05) is 6.42 Å². The van der Waals surface area contributed by atoms with Crippen LogP contribution in [0.3, 0.4) is 0 Å². The van der Waals surface area contributed by atoms with Gasteiger partial charge in [-0.1, -0.05) is 32.6 Å². The molecule has 0 spiro atoms. The Hall–Kier alpha value is 0.646. The van der Waals surface area contributed by atoms with Crippen molar-refractivity contribution < 1.29 is 9.22 Å². The van der Waals surface area contributed by atoms with Crippen LogP contribution in [-0.2, 0) is 9.22 Å². The van der Waals surface area contributed by atoms with Crippen molar-refractivity contribution in [3.63, 3.8) is 0 Å². The molecule has 0 saturated heterocycles. The summed E-state index contributed by atoms with van der Waals surface area (Å²) >= 11 is -2.36. The molecule has 38 heavy (non-hydrogen) atoms. The molecule has 0 aromatic heterocycles. The van der Waals surface area contributed by atoms with Crippen LogP contribution < -0.4 is 0 Å². The zero-order chi connectivity index (χ0) is 28.5. The van der Waals surface area contributed by atoms with Crippen molar-refractivity contribution in [2.75, 3.05) is 0 Å². The summed E-state index contributed by atoms with van der Waals surface area (Å²) in [5.74, 6) is 0.509. The van der Waals surface area contributed by atoms with Crippen molar-refractivity contribution in [3.8, 4) is 0 Å². The second-order valence-corrected chi connectivity index (χ2v) is 31.8. The van der Waals surface area contributed by atoms with Gasteiger partial charge in [0.2, 0.25) is 0 Å². The number of hydrogen-bond donors (Lipinski definition) is 0. The van der Waals surface area contributed by atoms with Crippen molar-refractivity contribution >= 4 is 32.5 Å². The van der Waals surface area contributed by atoms with Gasteiger partial charge in [0.1, 0.15) is 0 Å². The fourth-order valence-electron chi connectivity index (χ4n) is 6.12. The Morgan fingerprint density at radius 3 is 1.32 bits per heavy atom. The first-order chi connectivity index (χ1) is 18.2. The van der Waals surface area contributed by atoms with Crippen LogP contribution in [0.4, 0.5) is 0 Å². The fourth-order valence-corrected chi connectivity index (χ4v) is 28.8. The van der Waals surface area contributed by atoms with Crippen molar-refractivity contribution in [2.45, 2.75) is 206 Å². The van der Waals surface area contributed by atoms with E-state index in [9.17, 15) is 4.79 Å². The third kappa shape index (κ3) is 21.4. The van der Waals surface area contributed by atoms with Gasteiger partial charge in [0.15, 0.2) is 0 Å². The Bertz CT molecular complexity index is 509. The van der Waals surface area contributed by atoms with Crippen LogP contribution in [0.5, 0.6) is 0 Å². The van der Waals surface area contributed by atoms with E-state index in [2.05, 4.69) is 47.3 Å². The summed E-state index contributed by atoms with van der Waals surface area (Å²) in [5, 5.41) is 0. The first kappa shape index (κ1) is 38.6. The topological polar surface area (TPSA) is 26.3 Å². The van der Waals surface area contributed by atoms with Gasteiger partial charge in [-0.25, -0.2) is 0 Å². The predicted molar refractivity (Wildman–Crippen MR) is 178 cm³/mol. The average molecular weight is 660 g/mol. The van der Waals surface area contributed by atoms with Gasteiger partial charge in [-0.2, -0.15) is 0 Å². The van der Waals surface area contributed by atoms with Crippen LogP contribution >= 0.6 is 0 Å². The summed E-state index contributed by atoms with van der Waals surface area (Å²) in [6, 6.07) is 0. The molecule has 0 N–H and O–H groups in total. The second-order valence-electron chi connectivity index (χ2n) is 13.5. The normalized spacial score (nSPS) is 13.2. The molecule has 0 amide bonds. The minimum absolute atomic E-state index is 0.509. The summed E-state index contributed by atoms with van der Waals surface area (Å²) in [7, 11) is -1.53. The number of ketones is 1. The van der Waals surface area contributed by atoms with Crippen LogP contribution in [0.15, 0.2) is 0 Å².